The van der Waals surface area contributed by atoms with E-state index in [9.17, 15) is 15.0 Å². The summed E-state index contributed by atoms with van der Waals surface area (Å²) in [4.78, 5) is 17.6. The van der Waals surface area contributed by atoms with Crippen LogP contribution in [0, 0.1) is 0 Å². The number of rotatable bonds is 8. The minimum absolute atomic E-state index is 0.542. The number of hydrogen-bond donors (Lipinski definition) is 0. The van der Waals surface area contributed by atoms with Crippen molar-refractivity contribution in [1.29, 1.82) is 0 Å². The number of benzene rings is 6. The summed E-state index contributed by atoms with van der Waals surface area (Å²) in [7, 11) is 0. The van der Waals surface area contributed by atoms with Crippen molar-refractivity contribution in [2.24, 2.45) is 0 Å². The highest BCUT2D eigenvalue weighted by atomic mass is 16.3. The first kappa shape index (κ1) is 29.2. The number of para-hydroxylation sites is 4. The Morgan fingerprint density at radius 2 is 0.696 bits per heavy atom. The van der Waals surface area contributed by atoms with Crippen LogP contribution in [0.4, 0.5) is 34.1 Å². The molecule has 5 nitrogen and oxygen atoms in total. The first-order valence-corrected chi connectivity index (χ1v) is 15.5. The molecule has 0 radical (unpaired) electrons. The molecule has 1 saturated carbocycles. The average molecular weight is 601 g/mol. The summed E-state index contributed by atoms with van der Waals surface area (Å²) in [5, 5.41) is 27.3. The molecule has 0 aliphatic heterocycles. The zero-order valence-electron chi connectivity index (χ0n) is 25.1. The average Bonchev–Trinajstić information content (AvgIpc) is 3.34. The summed E-state index contributed by atoms with van der Waals surface area (Å²) < 4.78 is 0. The molecular formula is C41H32N2O3-2. The smallest absolute Gasteiger partial charge is 0.126 e. The van der Waals surface area contributed by atoms with E-state index in [1.54, 1.807) is 0 Å². The third-order valence-electron chi connectivity index (χ3n) is 8.70. The molecule has 0 amide bonds. The van der Waals surface area contributed by atoms with Gasteiger partial charge in [-0.2, -0.15) is 0 Å². The van der Waals surface area contributed by atoms with Gasteiger partial charge in [0, 0.05) is 40.0 Å². The first-order chi connectivity index (χ1) is 22.6. The fourth-order valence-corrected chi connectivity index (χ4v) is 6.49. The molecule has 0 saturated heterocycles. The van der Waals surface area contributed by atoms with Crippen LogP contribution in [0.15, 0.2) is 170 Å². The van der Waals surface area contributed by atoms with Gasteiger partial charge < -0.3 is 24.8 Å². The molecule has 4 atom stereocenters. The van der Waals surface area contributed by atoms with Gasteiger partial charge in [0.25, 0.3) is 0 Å². The van der Waals surface area contributed by atoms with E-state index in [0.717, 1.165) is 34.1 Å². The topological polar surface area (TPSA) is 69.7 Å². The lowest BCUT2D eigenvalue weighted by Crippen LogP contribution is -2.39. The van der Waals surface area contributed by atoms with Gasteiger partial charge in [-0.15, -0.1) is 6.10 Å². The van der Waals surface area contributed by atoms with Crippen LogP contribution in [0.5, 0.6) is 0 Å². The molecule has 0 spiro atoms. The summed E-state index contributed by atoms with van der Waals surface area (Å²) in [6.07, 6.45) is -3.01. The lowest BCUT2D eigenvalue weighted by molar-refractivity contribution is -0.451. The van der Waals surface area contributed by atoms with E-state index in [1.807, 2.05) is 170 Å². The van der Waals surface area contributed by atoms with Crippen LogP contribution in [0.1, 0.15) is 23.0 Å². The summed E-state index contributed by atoms with van der Waals surface area (Å²) in [6, 6.07) is 55.0. The Morgan fingerprint density at radius 1 is 0.391 bits per heavy atom. The molecule has 5 heteroatoms. The van der Waals surface area contributed by atoms with Crippen LogP contribution in [-0.2, 0) is 4.79 Å². The van der Waals surface area contributed by atoms with E-state index in [1.165, 1.54) is 0 Å². The summed E-state index contributed by atoms with van der Waals surface area (Å²) in [5.41, 5.74) is 6.91. The molecule has 6 aromatic carbocycles. The molecule has 226 valence electrons. The lowest BCUT2D eigenvalue weighted by Gasteiger charge is -2.34. The number of Topliss-reactive ketones (excluding diaryl/α,β-unsaturated/α-hetero) is 1. The Bertz CT molecular complexity index is 1800. The second-order valence-corrected chi connectivity index (χ2v) is 11.5. The maximum Gasteiger partial charge on any atom is 0.126 e. The standard InChI is InChI=1S/C41H32N2O3/c44-39-37(29-21-25-35(26-22-29)42(31-13-5-1-6-14-31)32-15-7-2-8-16-32)40(45)41(46)38(39)30-23-27-36(28-24-30)43(33-17-9-3-10-18-33)34-19-11-4-12-20-34/h1-28,37-40H/q-2. The molecule has 0 bridgehead atoms. The summed E-state index contributed by atoms with van der Waals surface area (Å²) >= 11 is 0. The molecule has 0 heterocycles. The maximum absolute atomic E-state index is 13.9. The SMILES string of the molecule is O=C1C([O-])C(c2ccc(N(c3ccccc3)c3ccccc3)cc2)C([O-])C1c1ccc(N(c2ccccc2)c2ccccc2)cc1. The van der Waals surface area contributed by atoms with Crippen molar-refractivity contribution in [3.8, 4) is 0 Å². The van der Waals surface area contributed by atoms with Gasteiger partial charge in [-0.05, 0) is 89.8 Å². The van der Waals surface area contributed by atoms with Crippen molar-refractivity contribution in [2.75, 3.05) is 9.80 Å². The molecule has 1 aliphatic carbocycles. The zero-order chi connectivity index (χ0) is 31.5. The predicted octanol–water partition coefficient (Wildman–Crippen LogP) is 7.53. The van der Waals surface area contributed by atoms with Crippen molar-refractivity contribution in [3.05, 3.63) is 181 Å². The van der Waals surface area contributed by atoms with E-state index in [-0.39, 0.29) is 0 Å². The second kappa shape index (κ2) is 12.9. The number of ketones is 1. The lowest BCUT2D eigenvalue weighted by atomic mass is 9.89. The molecule has 6 aromatic rings. The molecular weight excluding hydrogens is 568 g/mol. The largest absolute Gasteiger partial charge is 0.851 e. The van der Waals surface area contributed by atoms with Crippen molar-refractivity contribution < 1.29 is 15.0 Å². The number of carbonyl (C=O) groups is 1. The highest BCUT2D eigenvalue weighted by molar-refractivity contribution is 5.94. The highest BCUT2D eigenvalue weighted by Gasteiger charge is 2.40. The fraction of sp³-hybridized carbons (Fsp3) is 0.0976. The van der Waals surface area contributed by atoms with Crippen LogP contribution in [-0.4, -0.2) is 18.0 Å². The van der Waals surface area contributed by atoms with Crippen LogP contribution in [0.25, 0.3) is 0 Å². The van der Waals surface area contributed by atoms with E-state index in [0.29, 0.717) is 11.1 Å². The van der Waals surface area contributed by atoms with Crippen molar-refractivity contribution in [1.82, 2.24) is 0 Å². The summed E-state index contributed by atoms with van der Waals surface area (Å²) in [5.74, 6) is -2.51. The van der Waals surface area contributed by atoms with Gasteiger partial charge in [0.2, 0.25) is 0 Å². The van der Waals surface area contributed by atoms with Crippen LogP contribution < -0.4 is 20.0 Å². The van der Waals surface area contributed by atoms with Gasteiger partial charge in [0.05, 0.1) is 0 Å². The molecule has 7 rings (SSSR count). The monoisotopic (exact) mass is 600 g/mol. The zero-order valence-corrected chi connectivity index (χ0v) is 25.1. The van der Waals surface area contributed by atoms with Crippen LogP contribution in [0.3, 0.4) is 0 Å². The normalized spacial score (nSPS) is 19.1. The Morgan fingerprint density at radius 3 is 1.04 bits per heavy atom. The van der Waals surface area contributed by atoms with Gasteiger partial charge >= 0.3 is 0 Å². The van der Waals surface area contributed by atoms with Crippen molar-refractivity contribution in [3.63, 3.8) is 0 Å². The molecule has 1 fully saturated rings. The minimum Gasteiger partial charge on any atom is -0.851 e. The van der Waals surface area contributed by atoms with Gasteiger partial charge in [-0.1, -0.05) is 103 Å². The van der Waals surface area contributed by atoms with E-state index >= 15 is 0 Å². The molecule has 0 aromatic heterocycles. The number of carbonyl (C=O) groups excluding carboxylic acids is 1. The number of anilines is 6. The third kappa shape index (κ3) is 5.58. The quantitative estimate of drug-likeness (QED) is 0.181. The van der Waals surface area contributed by atoms with E-state index < -0.39 is 29.8 Å². The first-order valence-electron chi connectivity index (χ1n) is 15.5. The van der Waals surface area contributed by atoms with Gasteiger partial charge in [0.15, 0.2) is 0 Å². The van der Waals surface area contributed by atoms with Crippen LogP contribution >= 0.6 is 0 Å². The molecule has 0 N–H and O–H groups in total. The van der Waals surface area contributed by atoms with Gasteiger partial charge in [-0.25, -0.2) is 0 Å². The molecule has 4 unspecified atom stereocenters. The van der Waals surface area contributed by atoms with Gasteiger partial charge in [-0.3, -0.25) is 0 Å². The van der Waals surface area contributed by atoms with Gasteiger partial charge in [0.1, 0.15) is 5.78 Å². The Hall–Kier alpha value is -5.49. The number of hydrogen-bond acceptors (Lipinski definition) is 5. The molecule has 1 aliphatic rings. The second-order valence-electron chi connectivity index (χ2n) is 11.5. The minimum atomic E-state index is -1.62. The highest BCUT2D eigenvalue weighted by Crippen LogP contribution is 2.42. The Labute approximate surface area is 269 Å². The number of nitrogens with zero attached hydrogens (tertiary/aromatic N) is 2. The van der Waals surface area contributed by atoms with Crippen molar-refractivity contribution >= 4 is 39.9 Å². The maximum atomic E-state index is 13.9. The Balaban J connectivity index is 1.16. The predicted molar refractivity (Wildman–Crippen MR) is 180 cm³/mol. The van der Waals surface area contributed by atoms with Crippen molar-refractivity contribution in [2.45, 2.75) is 24.0 Å². The fourth-order valence-electron chi connectivity index (χ4n) is 6.49. The third-order valence-corrected chi connectivity index (χ3v) is 8.70. The summed E-state index contributed by atoms with van der Waals surface area (Å²) in [6.45, 7) is 0. The van der Waals surface area contributed by atoms with E-state index in [4.69, 9.17) is 0 Å². The Kier molecular flexibility index (Phi) is 8.17. The van der Waals surface area contributed by atoms with E-state index in [2.05, 4.69) is 9.80 Å². The molecule has 46 heavy (non-hydrogen) atoms. The van der Waals surface area contributed by atoms with Crippen LogP contribution in [0.2, 0.25) is 0 Å².